The second kappa shape index (κ2) is 2.40. The van der Waals surface area contributed by atoms with E-state index in [1.165, 1.54) is 0 Å². The standard InChI is InChI=1S/C3H4N8/c1(2-4-8-9-5-2)3-6-10-11-7-3/h1H2,(H,4,5,8,9)(H,6,7,10,11). The first kappa shape index (κ1) is 5.89. The third kappa shape index (κ3) is 1.18. The van der Waals surface area contributed by atoms with Crippen molar-refractivity contribution in [1.29, 1.82) is 0 Å². The molecule has 56 valence electrons. The van der Waals surface area contributed by atoms with E-state index >= 15 is 0 Å². The topological polar surface area (TPSA) is 109 Å². The molecule has 2 rings (SSSR count). The molecule has 0 saturated carbocycles. The number of hydrogen-bond acceptors (Lipinski definition) is 6. The minimum absolute atomic E-state index is 0.462. The van der Waals surface area contributed by atoms with E-state index in [1.807, 2.05) is 0 Å². The van der Waals surface area contributed by atoms with Crippen molar-refractivity contribution >= 4 is 0 Å². The maximum absolute atomic E-state index is 3.73. The number of H-pyrrole nitrogens is 2. The van der Waals surface area contributed by atoms with Crippen molar-refractivity contribution in [2.75, 3.05) is 0 Å². The Morgan fingerprint density at radius 2 is 2.18 bits per heavy atom. The van der Waals surface area contributed by atoms with E-state index < -0.39 is 0 Å². The fourth-order valence-corrected chi connectivity index (χ4v) is 0.661. The summed E-state index contributed by atoms with van der Waals surface area (Å²) >= 11 is 0. The van der Waals surface area contributed by atoms with Gasteiger partial charge in [0.15, 0.2) is 11.6 Å². The van der Waals surface area contributed by atoms with Crippen LogP contribution in [0, 0.1) is 0 Å². The normalized spacial score (nSPS) is 10.2. The summed E-state index contributed by atoms with van der Waals surface area (Å²) in [5, 5.41) is 26.2. The second-order valence-electron chi connectivity index (χ2n) is 1.85. The lowest BCUT2D eigenvalue weighted by Crippen LogP contribution is -1.93. The van der Waals surface area contributed by atoms with Gasteiger partial charge in [-0.3, -0.25) is 0 Å². The van der Waals surface area contributed by atoms with Crippen molar-refractivity contribution in [2.24, 2.45) is 0 Å². The van der Waals surface area contributed by atoms with Crippen molar-refractivity contribution in [3.8, 4) is 0 Å². The lowest BCUT2D eigenvalue weighted by atomic mass is 10.4. The zero-order valence-corrected chi connectivity index (χ0v) is 5.39. The fourth-order valence-electron chi connectivity index (χ4n) is 0.661. The van der Waals surface area contributed by atoms with E-state index in [-0.39, 0.29) is 0 Å². The Hall–Kier alpha value is -1.86. The summed E-state index contributed by atoms with van der Waals surface area (Å²) in [5.74, 6) is 1.18. The highest BCUT2D eigenvalue weighted by atomic mass is 15.5. The first-order chi connectivity index (χ1) is 5.45. The molecule has 0 aromatic carbocycles. The maximum atomic E-state index is 3.73. The van der Waals surface area contributed by atoms with Gasteiger partial charge in [-0.2, -0.15) is 5.21 Å². The number of nitrogens with zero attached hydrogens (tertiary/aromatic N) is 6. The van der Waals surface area contributed by atoms with Gasteiger partial charge in [-0.15, -0.1) is 15.3 Å². The Kier molecular flexibility index (Phi) is 1.29. The predicted octanol–water partition coefficient (Wildman–Crippen LogP) is -1.70. The smallest absolute Gasteiger partial charge is 0.182 e. The van der Waals surface area contributed by atoms with Gasteiger partial charge < -0.3 is 0 Å². The molecule has 0 atom stereocenters. The number of rotatable bonds is 2. The van der Waals surface area contributed by atoms with Gasteiger partial charge in [0, 0.05) is 0 Å². The second-order valence-corrected chi connectivity index (χ2v) is 1.85. The SMILES string of the molecule is C(c1nn[nH]n1)c1nnn[nH]1. The van der Waals surface area contributed by atoms with Crippen LogP contribution in [0.15, 0.2) is 0 Å². The monoisotopic (exact) mass is 152 g/mol. The number of aromatic amines is 2. The van der Waals surface area contributed by atoms with Gasteiger partial charge in [0.25, 0.3) is 0 Å². The van der Waals surface area contributed by atoms with Crippen LogP contribution in [0.5, 0.6) is 0 Å². The highest BCUT2D eigenvalue weighted by Crippen LogP contribution is 1.92. The molecule has 0 aliphatic rings. The van der Waals surface area contributed by atoms with Crippen molar-refractivity contribution in [1.82, 2.24) is 41.2 Å². The maximum Gasteiger partial charge on any atom is 0.182 e. The summed E-state index contributed by atoms with van der Waals surface area (Å²) < 4.78 is 0. The van der Waals surface area contributed by atoms with E-state index in [1.54, 1.807) is 0 Å². The summed E-state index contributed by atoms with van der Waals surface area (Å²) in [6, 6.07) is 0. The number of tetrazole rings is 2. The summed E-state index contributed by atoms with van der Waals surface area (Å²) in [5.41, 5.74) is 0. The van der Waals surface area contributed by atoms with Crippen LogP contribution < -0.4 is 0 Å². The van der Waals surface area contributed by atoms with Gasteiger partial charge in [0.1, 0.15) is 0 Å². The summed E-state index contributed by atoms with van der Waals surface area (Å²) in [6.07, 6.45) is 0.462. The van der Waals surface area contributed by atoms with Crippen LogP contribution in [0.1, 0.15) is 11.6 Å². The molecule has 0 bridgehead atoms. The predicted molar refractivity (Wildman–Crippen MR) is 31.2 cm³/mol. The Labute approximate surface area is 60.4 Å². The van der Waals surface area contributed by atoms with Gasteiger partial charge in [0.2, 0.25) is 0 Å². The van der Waals surface area contributed by atoms with E-state index in [2.05, 4.69) is 41.2 Å². The molecule has 0 amide bonds. The molecule has 0 saturated heterocycles. The fraction of sp³-hybridized carbons (Fsp3) is 0.333. The van der Waals surface area contributed by atoms with E-state index in [0.717, 1.165) is 0 Å². The number of hydrogen-bond donors (Lipinski definition) is 2. The van der Waals surface area contributed by atoms with E-state index in [0.29, 0.717) is 18.1 Å². The molecule has 0 radical (unpaired) electrons. The Morgan fingerprint density at radius 1 is 1.18 bits per heavy atom. The average Bonchev–Trinajstić information content (AvgIpc) is 2.60. The van der Waals surface area contributed by atoms with Gasteiger partial charge in [0.05, 0.1) is 6.42 Å². The first-order valence-electron chi connectivity index (χ1n) is 2.90. The highest BCUT2D eigenvalue weighted by molar-refractivity contribution is 4.91. The van der Waals surface area contributed by atoms with Crippen molar-refractivity contribution in [3.05, 3.63) is 11.6 Å². The van der Waals surface area contributed by atoms with Crippen LogP contribution in [0.3, 0.4) is 0 Å². The quantitative estimate of drug-likeness (QED) is 0.531. The Morgan fingerprint density at radius 3 is 2.82 bits per heavy atom. The van der Waals surface area contributed by atoms with Crippen molar-refractivity contribution < 1.29 is 0 Å². The van der Waals surface area contributed by atoms with Crippen LogP contribution >= 0.6 is 0 Å². The molecule has 0 spiro atoms. The van der Waals surface area contributed by atoms with Gasteiger partial charge in [-0.05, 0) is 10.4 Å². The minimum Gasteiger partial charge on any atom is -0.242 e. The van der Waals surface area contributed by atoms with Crippen LogP contribution in [0.2, 0.25) is 0 Å². The van der Waals surface area contributed by atoms with Gasteiger partial charge >= 0.3 is 0 Å². The lowest BCUT2D eigenvalue weighted by Gasteiger charge is -1.83. The van der Waals surface area contributed by atoms with Crippen LogP contribution in [-0.4, -0.2) is 41.2 Å². The zero-order chi connectivity index (χ0) is 7.52. The van der Waals surface area contributed by atoms with Gasteiger partial charge in [-0.1, -0.05) is 5.21 Å². The molecule has 0 aliphatic carbocycles. The van der Waals surface area contributed by atoms with E-state index in [4.69, 9.17) is 0 Å². The van der Waals surface area contributed by atoms with Crippen LogP contribution in [0.25, 0.3) is 0 Å². The molecular formula is C3H4N8. The molecule has 2 aromatic heterocycles. The molecule has 11 heavy (non-hydrogen) atoms. The molecule has 8 nitrogen and oxygen atoms in total. The summed E-state index contributed by atoms with van der Waals surface area (Å²) in [7, 11) is 0. The molecule has 2 heterocycles. The third-order valence-electron chi connectivity index (χ3n) is 1.10. The molecule has 2 aromatic rings. The minimum atomic E-state index is 0.462. The molecule has 8 heteroatoms. The van der Waals surface area contributed by atoms with Crippen LogP contribution in [-0.2, 0) is 6.42 Å². The van der Waals surface area contributed by atoms with Crippen molar-refractivity contribution in [2.45, 2.75) is 6.42 Å². The molecule has 2 N–H and O–H groups in total. The molecule has 0 unspecified atom stereocenters. The van der Waals surface area contributed by atoms with E-state index in [9.17, 15) is 0 Å². The first-order valence-corrected chi connectivity index (χ1v) is 2.90. The third-order valence-corrected chi connectivity index (χ3v) is 1.10. The molecule has 0 fully saturated rings. The average molecular weight is 152 g/mol. The zero-order valence-electron chi connectivity index (χ0n) is 5.39. The van der Waals surface area contributed by atoms with Crippen molar-refractivity contribution in [3.63, 3.8) is 0 Å². The highest BCUT2D eigenvalue weighted by Gasteiger charge is 2.02. The van der Waals surface area contributed by atoms with Crippen LogP contribution in [0.4, 0.5) is 0 Å². The summed E-state index contributed by atoms with van der Waals surface area (Å²) in [4.78, 5) is 0. The van der Waals surface area contributed by atoms with Gasteiger partial charge in [-0.25, -0.2) is 5.10 Å². The lowest BCUT2D eigenvalue weighted by molar-refractivity contribution is 0.881. The number of nitrogens with one attached hydrogen (secondary N) is 2. The summed E-state index contributed by atoms with van der Waals surface area (Å²) in [6.45, 7) is 0. The molecule has 0 aliphatic heterocycles. The Balaban J connectivity index is 2.14. The number of aromatic nitrogens is 8. The Bertz CT molecular complexity index is 262. The largest absolute Gasteiger partial charge is 0.242 e. The molecular weight excluding hydrogens is 148 g/mol.